The van der Waals surface area contributed by atoms with Crippen LogP contribution in [-0.2, 0) is 24.2 Å². The Morgan fingerprint density at radius 1 is 1.03 bits per heavy atom. The fraction of sp³-hybridized carbons (Fsp3) is 0.241. The van der Waals surface area contributed by atoms with Crippen molar-refractivity contribution in [3.63, 3.8) is 0 Å². The number of aryl methyl sites for hydroxylation is 2. The summed E-state index contributed by atoms with van der Waals surface area (Å²) in [6, 6.07) is 19.2. The molecule has 5 rings (SSSR count). The highest BCUT2D eigenvalue weighted by Crippen LogP contribution is 2.38. The Morgan fingerprint density at radius 3 is 2.58 bits per heavy atom. The van der Waals surface area contributed by atoms with Crippen molar-refractivity contribution in [3.8, 4) is 11.3 Å². The van der Waals surface area contributed by atoms with Crippen molar-refractivity contribution in [1.29, 1.82) is 0 Å². The number of nitrogens with one attached hydrogen (secondary N) is 2. The predicted octanol–water partition coefficient (Wildman–Crippen LogP) is 6.71. The molecule has 0 atom stereocenters. The molecule has 9 heteroatoms. The zero-order valence-corrected chi connectivity index (χ0v) is 23.3. The Kier molecular flexibility index (Phi) is 8.42. The van der Waals surface area contributed by atoms with Crippen LogP contribution >= 0.6 is 34.7 Å². The van der Waals surface area contributed by atoms with Gasteiger partial charge in [-0.25, -0.2) is 9.97 Å². The summed E-state index contributed by atoms with van der Waals surface area (Å²) in [6.07, 6.45) is 3.94. The molecule has 2 amide bonds. The second-order valence-electron chi connectivity index (χ2n) is 9.10. The fourth-order valence-electron chi connectivity index (χ4n) is 4.43. The third-order valence-corrected chi connectivity index (χ3v) is 8.56. The van der Waals surface area contributed by atoms with Crippen LogP contribution in [0.15, 0.2) is 65.8 Å². The van der Waals surface area contributed by atoms with Crippen LogP contribution in [0.5, 0.6) is 0 Å². The lowest BCUT2D eigenvalue weighted by atomic mass is 9.95. The van der Waals surface area contributed by atoms with Crippen molar-refractivity contribution in [1.82, 2.24) is 15.3 Å². The van der Waals surface area contributed by atoms with Gasteiger partial charge in [-0.2, -0.15) is 0 Å². The Hall–Kier alpha value is -3.20. The second-order valence-corrected chi connectivity index (χ2v) is 11.6. The van der Waals surface area contributed by atoms with E-state index in [0.29, 0.717) is 27.3 Å². The molecule has 2 aromatic heterocycles. The fourth-order valence-corrected chi connectivity index (χ4v) is 6.56. The third kappa shape index (κ3) is 6.43. The monoisotopic (exact) mass is 562 g/mol. The number of amides is 2. The molecule has 0 unspecified atom stereocenters. The van der Waals surface area contributed by atoms with Gasteiger partial charge in [0.05, 0.1) is 17.0 Å². The molecular weight excluding hydrogens is 536 g/mol. The SMILES string of the molecule is Cc1cc(-c2ccc(Cl)cc2)nc(SCC(=O)Nc2sc3c(c2C(=O)NCc2ccccc2)CCCC3)n1. The number of nitrogens with zero attached hydrogens (tertiary/aromatic N) is 2. The van der Waals surface area contributed by atoms with Gasteiger partial charge in [0.1, 0.15) is 5.00 Å². The Bertz CT molecular complexity index is 1460. The molecule has 0 saturated carbocycles. The molecule has 0 bridgehead atoms. The second kappa shape index (κ2) is 12.1. The van der Waals surface area contributed by atoms with Gasteiger partial charge >= 0.3 is 0 Å². The molecule has 0 radical (unpaired) electrons. The molecule has 194 valence electrons. The van der Waals surface area contributed by atoms with Crippen molar-refractivity contribution >= 4 is 51.5 Å². The number of hydrogen-bond donors (Lipinski definition) is 2. The molecule has 0 spiro atoms. The van der Waals surface area contributed by atoms with Gasteiger partial charge in [0, 0.05) is 27.7 Å². The molecule has 0 aliphatic heterocycles. The number of aromatic nitrogens is 2. The summed E-state index contributed by atoms with van der Waals surface area (Å²) < 4.78 is 0. The van der Waals surface area contributed by atoms with Crippen LogP contribution in [0.4, 0.5) is 5.00 Å². The van der Waals surface area contributed by atoms with E-state index in [4.69, 9.17) is 11.6 Å². The first-order valence-electron chi connectivity index (χ1n) is 12.5. The molecule has 2 aromatic carbocycles. The zero-order chi connectivity index (χ0) is 26.5. The largest absolute Gasteiger partial charge is 0.348 e. The van der Waals surface area contributed by atoms with Gasteiger partial charge in [-0.15, -0.1) is 11.3 Å². The average Bonchev–Trinajstić information content (AvgIpc) is 3.29. The number of benzene rings is 2. The number of halogens is 1. The predicted molar refractivity (Wildman–Crippen MR) is 155 cm³/mol. The van der Waals surface area contributed by atoms with Crippen LogP contribution in [-0.4, -0.2) is 27.5 Å². The molecule has 6 nitrogen and oxygen atoms in total. The lowest BCUT2D eigenvalue weighted by Crippen LogP contribution is -2.25. The maximum Gasteiger partial charge on any atom is 0.254 e. The van der Waals surface area contributed by atoms with Gasteiger partial charge in [-0.05, 0) is 61.9 Å². The summed E-state index contributed by atoms with van der Waals surface area (Å²) in [4.78, 5) is 36.6. The minimum atomic E-state index is -0.191. The highest BCUT2D eigenvalue weighted by molar-refractivity contribution is 7.99. The van der Waals surface area contributed by atoms with Crippen LogP contribution in [0.3, 0.4) is 0 Å². The number of rotatable bonds is 8. The number of thiophene rings is 1. The van der Waals surface area contributed by atoms with Gasteiger partial charge in [-0.1, -0.05) is 65.8 Å². The van der Waals surface area contributed by atoms with Gasteiger partial charge in [-0.3, -0.25) is 9.59 Å². The van der Waals surface area contributed by atoms with Crippen molar-refractivity contribution in [2.24, 2.45) is 0 Å². The van der Waals surface area contributed by atoms with Gasteiger partial charge in [0.25, 0.3) is 5.91 Å². The van der Waals surface area contributed by atoms with E-state index in [2.05, 4.69) is 20.6 Å². The van der Waals surface area contributed by atoms with Crippen molar-refractivity contribution in [2.75, 3.05) is 11.1 Å². The van der Waals surface area contributed by atoms with E-state index in [1.165, 1.54) is 28.0 Å². The summed E-state index contributed by atoms with van der Waals surface area (Å²) in [5, 5.41) is 7.86. The van der Waals surface area contributed by atoms with Crippen LogP contribution in [0.2, 0.25) is 5.02 Å². The Balaban J connectivity index is 1.28. The first-order valence-corrected chi connectivity index (χ1v) is 14.6. The van der Waals surface area contributed by atoms with E-state index in [0.717, 1.165) is 53.8 Å². The maximum atomic E-state index is 13.3. The molecule has 1 aliphatic carbocycles. The quantitative estimate of drug-likeness (QED) is 0.184. The highest BCUT2D eigenvalue weighted by atomic mass is 35.5. The molecule has 4 aromatic rings. The van der Waals surface area contributed by atoms with Crippen LogP contribution in [0.1, 0.15) is 44.9 Å². The molecule has 0 fully saturated rings. The standard InChI is InChI=1S/C29H27ClN4O2S2/c1-18-15-23(20-11-13-21(30)14-12-20)33-29(32-18)37-17-25(35)34-28-26(22-9-5-6-10-24(22)38-28)27(36)31-16-19-7-3-2-4-8-19/h2-4,7-8,11-15H,5-6,9-10,16-17H2,1H3,(H,31,36)(H,34,35). The van der Waals surface area contributed by atoms with E-state index >= 15 is 0 Å². The average molecular weight is 563 g/mol. The van der Waals surface area contributed by atoms with Crippen molar-refractivity contribution < 1.29 is 9.59 Å². The summed E-state index contributed by atoms with van der Waals surface area (Å²) in [7, 11) is 0. The first kappa shape index (κ1) is 26.4. The van der Waals surface area contributed by atoms with E-state index in [1.807, 2.05) is 67.6 Å². The van der Waals surface area contributed by atoms with E-state index < -0.39 is 0 Å². The molecule has 38 heavy (non-hydrogen) atoms. The number of thioether (sulfide) groups is 1. The lowest BCUT2D eigenvalue weighted by Gasteiger charge is -2.13. The lowest BCUT2D eigenvalue weighted by molar-refractivity contribution is -0.113. The number of hydrogen-bond acceptors (Lipinski definition) is 6. The van der Waals surface area contributed by atoms with Crippen molar-refractivity contribution in [2.45, 2.75) is 44.3 Å². The normalized spacial score (nSPS) is 12.6. The van der Waals surface area contributed by atoms with Gasteiger partial charge < -0.3 is 10.6 Å². The van der Waals surface area contributed by atoms with E-state index in [1.54, 1.807) is 0 Å². The summed E-state index contributed by atoms with van der Waals surface area (Å²) in [6.45, 7) is 2.34. The zero-order valence-electron chi connectivity index (χ0n) is 20.9. The van der Waals surface area contributed by atoms with Crippen molar-refractivity contribution in [3.05, 3.63) is 92.9 Å². The van der Waals surface area contributed by atoms with Gasteiger partial charge in [0.2, 0.25) is 5.91 Å². The summed E-state index contributed by atoms with van der Waals surface area (Å²) >= 11 is 8.81. The topological polar surface area (TPSA) is 84.0 Å². The third-order valence-electron chi connectivity index (χ3n) is 6.25. The van der Waals surface area contributed by atoms with E-state index in [-0.39, 0.29) is 17.6 Å². The van der Waals surface area contributed by atoms with Crippen LogP contribution in [0, 0.1) is 6.92 Å². The first-order chi connectivity index (χ1) is 18.5. The summed E-state index contributed by atoms with van der Waals surface area (Å²) in [5.74, 6) is -0.202. The number of carbonyl (C=O) groups excluding carboxylic acids is 2. The molecule has 0 saturated heterocycles. The van der Waals surface area contributed by atoms with Gasteiger partial charge in [0.15, 0.2) is 5.16 Å². The number of carbonyl (C=O) groups is 2. The molecule has 1 aliphatic rings. The number of fused-ring (bicyclic) bond motifs is 1. The van der Waals surface area contributed by atoms with E-state index in [9.17, 15) is 9.59 Å². The molecule has 2 heterocycles. The Labute approximate surface area is 235 Å². The molecular formula is C29H27ClN4O2S2. The van der Waals surface area contributed by atoms with Crippen LogP contribution < -0.4 is 10.6 Å². The molecule has 2 N–H and O–H groups in total. The highest BCUT2D eigenvalue weighted by Gasteiger charge is 2.26. The number of anilines is 1. The summed E-state index contributed by atoms with van der Waals surface area (Å²) in [5.41, 5.74) is 5.24. The Morgan fingerprint density at radius 2 is 1.79 bits per heavy atom. The minimum Gasteiger partial charge on any atom is -0.348 e. The van der Waals surface area contributed by atoms with Crippen LogP contribution in [0.25, 0.3) is 11.3 Å². The minimum absolute atomic E-state index is 0.136. The maximum absolute atomic E-state index is 13.3. The smallest absolute Gasteiger partial charge is 0.254 e.